The fourth-order valence-corrected chi connectivity index (χ4v) is 7.13. The van der Waals surface area contributed by atoms with Gasteiger partial charge in [0.1, 0.15) is 13.2 Å². The first-order valence-electron chi connectivity index (χ1n) is 26.8. The zero-order chi connectivity index (χ0) is 47.2. The Balaban J connectivity index is 4.47. The van der Waals surface area contributed by atoms with Crippen LogP contribution in [0.2, 0.25) is 0 Å². The first kappa shape index (κ1) is 61.3. The lowest BCUT2D eigenvalue weighted by Crippen LogP contribution is -2.30. The van der Waals surface area contributed by atoms with Crippen molar-refractivity contribution in [1.82, 2.24) is 0 Å². The van der Waals surface area contributed by atoms with E-state index in [2.05, 4.69) is 118 Å². The van der Waals surface area contributed by atoms with Gasteiger partial charge in [-0.3, -0.25) is 14.4 Å². The number of carbonyl (C=O) groups is 3. The van der Waals surface area contributed by atoms with Crippen LogP contribution < -0.4 is 0 Å². The largest absolute Gasteiger partial charge is 0.462 e. The van der Waals surface area contributed by atoms with E-state index in [0.717, 1.165) is 116 Å². The molecule has 0 saturated heterocycles. The molecule has 0 aromatic rings. The molecule has 370 valence electrons. The smallest absolute Gasteiger partial charge is 0.306 e. The van der Waals surface area contributed by atoms with Gasteiger partial charge in [0.25, 0.3) is 0 Å². The van der Waals surface area contributed by atoms with Gasteiger partial charge < -0.3 is 14.2 Å². The maximum absolute atomic E-state index is 12.8. The quantitative estimate of drug-likeness (QED) is 0.0199. The second kappa shape index (κ2) is 52.9. The summed E-state index contributed by atoms with van der Waals surface area (Å²) in [5.41, 5.74) is 0. The lowest BCUT2D eigenvalue weighted by atomic mass is 10.1. The molecule has 6 nitrogen and oxygen atoms in total. The van der Waals surface area contributed by atoms with Crippen LogP contribution in [0, 0.1) is 0 Å². The average molecular weight is 903 g/mol. The molecule has 0 bridgehead atoms. The summed E-state index contributed by atoms with van der Waals surface area (Å²) < 4.78 is 16.8. The van der Waals surface area contributed by atoms with Gasteiger partial charge in [0.15, 0.2) is 6.10 Å². The highest BCUT2D eigenvalue weighted by atomic mass is 16.6. The highest BCUT2D eigenvalue weighted by Gasteiger charge is 2.19. The molecule has 0 saturated carbocycles. The van der Waals surface area contributed by atoms with Crippen molar-refractivity contribution < 1.29 is 28.6 Å². The van der Waals surface area contributed by atoms with Crippen molar-refractivity contribution in [3.63, 3.8) is 0 Å². The van der Waals surface area contributed by atoms with Crippen LogP contribution >= 0.6 is 0 Å². The van der Waals surface area contributed by atoms with E-state index in [0.29, 0.717) is 19.3 Å². The summed E-state index contributed by atoms with van der Waals surface area (Å²) in [6.07, 6.45) is 69.5. The van der Waals surface area contributed by atoms with Gasteiger partial charge in [-0.2, -0.15) is 0 Å². The van der Waals surface area contributed by atoms with Gasteiger partial charge in [0, 0.05) is 19.3 Å². The molecule has 0 spiro atoms. The number of hydrogen-bond acceptors (Lipinski definition) is 6. The van der Waals surface area contributed by atoms with E-state index in [9.17, 15) is 14.4 Å². The number of ether oxygens (including phenoxy) is 3. The number of allylic oxidation sites excluding steroid dienone is 16. The molecule has 0 fully saturated rings. The van der Waals surface area contributed by atoms with Gasteiger partial charge in [-0.25, -0.2) is 0 Å². The molecule has 0 aromatic heterocycles. The summed E-state index contributed by atoms with van der Waals surface area (Å²) in [7, 11) is 0. The minimum Gasteiger partial charge on any atom is -0.462 e. The Morgan fingerprint density at radius 1 is 0.338 bits per heavy atom. The van der Waals surface area contributed by atoms with Crippen LogP contribution in [0.4, 0.5) is 0 Å². The Bertz CT molecular complexity index is 1310. The molecule has 0 aliphatic heterocycles. The molecular formula is C59H98O6. The van der Waals surface area contributed by atoms with Crippen LogP contribution in [0.15, 0.2) is 97.2 Å². The van der Waals surface area contributed by atoms with E-state index in [-0.39, 0.29) is 31.1 Å². The second-order valence-electron chi connectivity index (χ2n) is 17.5. The Morgan fingerprint density at radius 3 is 1.08 bits per heavy atom. The van der Waals surface area contributed by atoms with Gasteiger partial charge in [-0.05, 0) is 96.3 Å². The lowest BCUT2D eigenvalue weighted by molar-refractivity contribution is -0.167. The third-order valence-electron chi connectivity index (χ3n) is 11.2. The van der Waals surface area contributed by atoms with Crippen LogP contribution in [0.1, 0.15) is 239 Å². The molecular weight excluding hydrogens is 805 g/mol. The van der Waals surface area contributed by atoms with E-state index < -0.39 is 6.10 Å². The highest BCUT2D eigenvalue weighted by molar-refractivity contribution is 5.71. The average Bonchev–Trinajstić information content (AvgIpc) is 3.30. The Hall–Kier alpha value is -3.67. The SMILES string of the molecule is CC/C=C\C/C=C\CCCCCCCCCC(=O)OCC(COC(=O)CCCCCCC\C=C/C=C\C=C/C=C\CCCCC)OC(=O)CCCCCCCC/C=C\C=C/CCCCC. The molecule has 0 aromatic carbocycles. The predicted molar refractivity (Wildman–Crippen MR) is 279 cm³/mol. The summed E-state index contributed by atoms with van der Waals surface area (Å²) in [5, 5.41) is 0. The van der Waals surface area contributed by atoms with E-state index >= 15 is 0 Å². The van der Waals surface area contributed by atoms with Crippen molar-refractivity contribution in [3.8, 4) is 0 Å². The minimum atomic E-state index is -0.798. The zero-order valence-corrected chi connectivity index (χ0v) is 42.2. The van der Waals surface area contributed by atoms with Gasteiger partial charge >= 0.3 is 17.9 Å². The van der Waals surface area contributed by atoms with E-state index in [1.54, 1.807) is 0 Å². The van der Waals surface area contributed by atoms with Gasteiger partial charge in [0.2, 0.25) is 0 Å². The topological polar surface area (TPSA) is 78.9 Å². The second-order valence-corrected chi connectivity index (χ2v) is 17.5. The molecule has 0 radical (unpaired) electrons. The van der Waals surface area contributed by atoms with Gasteiger partial charge in [-0.15, -0.1) is 0 Å². The van der Waals surface area contributed by atoms with Gasteiger partial charge in [0.05, 0.1) is 0 Å². The molecule has 0 amide bonds. The van der Waals surface area contributed by atoms with Crippen molar-refractivity contribution in [2.75, 3.05) is 13.2 Å². The minimum absolute atomic E-state index is 0.0955. The van der Waals surface area contributed by atoms with E-state index in [1.165, 1.54) is 83.5 Å². The van der Waals surface area contributed by atoms with Crippen molar-refractivity contribution >= 4 is 17.9 Å². The van der Waals surface area contributed by atoms with Crippen molar-refractivity contribution in [2.45, 2.75) is 245 Å². The first-order valence-corrected chi connectivity index (χ1v) is 26.8. The molecule has 1 atom stereocenters. The summed E-state index contributed by atoms with van der Waals surface area (Å²) in [4.78, 5) is 38.1. The zero-order valence-electron chi connectivity index (χ0n) is 42.2. The van der Waals surface area contributed by atoms with Crippen molar-refractivity contribution in [1.29, 1.82) is 0 Å². The normalized spacial score (nSPS) is 12.8. The summed E-state index contributed by atoms with van der Waals surface area (Å²) in [5.74, 6) is -0.939. The summed E-state index contributed by atoms with van der Waals surface area (Å²) in [6, 6.07) is 0. The van der Waals surface area contributed by atoms with Crippen LogP contribution in [0.5, 0.6) is 0 Å². The maximum atomic E-state index is 12.8. The van der Waals surface area contributed by atoms with Crippen molar-refractivity contribution in [2.24, 2.45) is 0 Å². The molecule has 0 rings (SSSR count). The summed E-state index contributed by atoms with van der Waals surface area (Å²) >= 11 is 0. The standard InChI is InChI=1S/C59H98O6/c1-4-7-10-13-16-19-22-25-28-29-30-32-34-37-40-43-46-49-52-58(61)64-55-56(54-63-57(60)51-48-45-42-39-36-33-27-24-21-18-15-12-9-6-3)65-59(62)53-50-47-44-41-38-35-31-26-23-20-17-14-11-8-5-2/h9,12,16-23,25-26,28-30,32,56H,4-8,10-11,13-15,24,27,31,33-55H2,1-3H3/b12-9-,19-16-,20-17-,21-18-,25-22-,26-23-,29-28-,32-30-. The van der Waals surface area contributed by atoms with Crippen LogP contribution in [0.3, 0.4) is 0 Å². The van der Waals surface area contributed by atoms with Crippen LogP contribution in [-0.2, 0) is 28.6 Å². The Labute approximate surface area is 400 Å². The number of carbonyl (C=O) groups excluding carboxylic acids is 3. The molecule has 0 aliphatic rings. The maximum Gasteiger partial charge on any atom is 0.306 e. The fourth-order valence-electron chi connectivity index (χ4n) is 7.13. The van der Waals surface area contributed by atoms with E-state index in [4.69, 9.17) is 14.2 Å². The van der Waals surface area contributed by atoms with Gasteiger partial charge in [-0.1, -0.05) is 221 Å². The number of hydrogen-bond donors (Lipinski definition) is 0. The highest BCUT2D eigenvalue weighted by Crippen LogP contribution is 2.14. The molecule has 6 heteroatoms. The third kappa shape index (κ3) is 51.2. The fraction of sp³-hybridized carbons (Fsp3) is 0.678. The number of esters is 3. The molecule has 0 N–H and O–H groups in total. The third-order valence-corrected chi connectivity index (χ3v) is 11.2. The predicted octanol–water partition coefficient (Wildman–Crippen LogP) is 17.8. The van der Waals surface area contributed by atoms with Crippen LogP contribution in [0.25, 0.3) is 0 Å². The van der Waals surface area contributed by atoms with Crippen molar-refractivity contribution in [3.05, 3.63) is 97.2 Å². The Morgan fingerprint density at radius 2 is 0.662 bits per heavy atom. The number of unbranched alkanes of at least 4 members (excludes halogenated alkanes) is 24. The monoisotopic (exact) mass is 903 g/mol. The molecule has 1 unspecified atom stereocenters. The first-order chi connectivity index (χ1) is 32.0. The number of rotatable bonds is 47. The lowest BCUT2D eigenvalue weighted by Gasteiger charge is -2.18. The van der Waals surface area contributed by atoms with Crippen LogP contribution in [-0.4, -0.2) is 37.2 Å². The van der Waals surface area contributed by atoms with E-state index in [1.807, 2.05) is 0 Å². The molecule has 65 heavy (non-hydrogen) atoms. The Kier molecular flexibility index (Phi) is 50.0. The summed E-state index contributed by atoms with van der Waals surface area (Å²) in [6.45, 7) is 6.42. The molecule has 0 aliphatic carbocycles. The molecule has 0 heterocycles.